The smallest absolute Gasteiger partial charge is 0.191 e. The van der Waals surface area contributed by atoms with Crippen LogP contribution in [-0.2, 0) is 16.4 Å². The summed E-state index contributed by atoms with van der Waals surface area (Å²) in [6.07, 6.45) is 1.63. The number of hydrogen-bond acceptors (Lipinski definition) is 7. The molecule has 0 radical (unpaired) electrons. The van der Waals surface area contributed by atoms with Gasteiger partial charge in [0.2, 0.25) is 0 Å². The van der Waals surface area contributed by atoms with Gasteiger partial charge in [-0.1, -0.05) is 36.0 Å². The Kier molecular flexibility index (Phi) is 6.56. The monoisotopic (exact) mass is 409 g/mol. The van der Waals surface area contributed by atoms with Crippen molar-refractivity contribution in [1.82, 2.24) is 14.8 Å². The Bertz CT molecular complexity index is 868. The van der Waals surface area contributed by atoms with Gasteiger partial charge in [0.05, 0.1) is 17.6 Å². The molecule has 0 unspecified atom stereocenters. The zero-order valence-corrected chi connectivity index (χ0v) is 16.5. The number of para-hydroxylation sites is 1. The van der Waals surface area contributed by atoms with E-state index in [1.807, 2.05) is 34.9 Å². The predicted octanol–water partition coefficient (Wildman–Crippen LogP) is 1.90. The van der Waals surface area contributed by atoms with Gasteiger partial charge in [0.25, 0.3) is 0 Å². The zero-order chi connectivity index (χ0) is 19.3. The molecule has 1 N–H and O–H groups in total. The van der Waals surface area contributed by atoms with Gasteiger partial charge >= 0.3 is 0 Å². The molecule has 0 spiro atoms. The van der Waals surface area contributed by atoms with Crippen molar-refractivity contribution in [2.75, 3.05) is 23.9 Å². The molecule has 1 aromatic carbocycles. The van der Waals surface area contributed by atoms with Crippen LogP contribution in [0.1, 0.15) is 18.2 Å². The molecule has 1 aliphatic rings. The molecule has 0 amide bonds. The van der Waals surface area contributed by atoms with E-state index in [1.54, 1.807) is 6.08 Å². The first-order valence-corrected chi connectivity index (χ1v) is 11.5. The number of aliphatic hydroxyl groups is 1. The van der Waals surface area contributed by atoms with E-state index in [1.165, 1.54) is 11.8 Å². The molecule has 2 heterocycles. The van der Waals surface area contributed by atoms with E-state index in [2.05, 4.69) is 16.8 Å². The number of aliphatic hydroxyl groups excluding tert-OH is 1. The number of hydrogen-bond donors (Lipinski definition) is 1. The lowest BCUT2D eigenvalue weighted by atomic mass is 10.1. The number of sulfone groups is 1. The highest BCUT2D eigenvalue weighted by Crippen LogP contribution is 2.30. The lowest BCUT2D eigenvalue weighted by Gasteiger charge is -2.13. The van der Waals surface area contributed by atoms with Crippen molar-refractivity contribution in [2.24, 2.45) is 0 Å². The molecule has 1 saturated heterocycles. The van der Waals surface area contributed by atoms with E-state index >= 15 is 0 Å². The van der Waals surface area contributed by atoms with Crippen molar-refractivity contribution >= 4 is 21.6 Å². The first-order chi connectivity index (χ1) is 13.0. The number of aromatic nitrogens is 3. The zero-order valence-electron chi connectivity index (χ0n) is 14.9. The third-order valence-corrected chi connectivity index (χ3v) is 7.12. The molecular formula is C18H23N3O4S2. The fourth-order valence-corrected chi connectivity index (χ4v) is 5.54. The van der Waals surface area contributed by atoms with Crippen molar-refractivity contribution in [2.45, 2.75) is 30.1 Å². The minimum absolute atomic E-state index is 0.112. The fourth-order valence-electron chi connectivity index (χ4n) is 2.94. The molecule has 0 bridgehead atoms. The summed E-state index contributed by atoms with van der Waals surface area (Å²) in [5.41, 5.74) is 0. The third-order valence-electron chi connectivity index (χ3n) is 4.25. The summed E-state index contributed by atoms with van der Waals surface area (Å²) in [6, 6.07) is 9.32. The fraction of sp³-hybridized carbons (Fsp3) is 0.444. The Balaban J connectivity index is 1.60. The number of benzene rings is 1. The predicted molar refractivity (Wildman–Crippen MR) is 105 cm³/mol. The van der Waals surface area contributed by atoms with Gasteiger partial charge in [-0.3, -0.25) is 0 Å². The van der Waals surface area contributed by atoms with Gasteiger partial charge < -0.3 is 14.4 Å². The summed E-state index contributed by atoms with van der Waals surface area (Å²) < 4.78 is 31.0. The summed E-state index contributed by atoms with van der Waals surface area (Å²) in [7, 11) is -3.00. The van der Waals surface area contributed by atoms with E-state index in [-0.39, 0.29) is 24.0 Å². The van der Waals surface area contributed by atoms with Gasteiger partial charge in [0, 0.05) is 18.2 Å². The lowest BCUT2D eigenvalue weighted by molar-refractivity contribution is 0.126. The van der Waals surface area contributed by atoms with Crippen molar-refractivity contribution in [3.8, 4) is 5.75 Å². The summed E-state index contributed by atoms with van der Waals surface area (Å²) in [5.74, 6) is 1.94. The summed E-state index contributed by atoms with van der Waals surface area (Å²) >= 11 is 1.37. The third kappa shape index (κ3) is 5.33. The standard InChI is InChI=1S/C18H23N3O4S2/c1-2-9-21-17(14-8-10-27(23,24)13-14)19-20-18(21)26-12-15(22)11-25-16-6-4-3-5-7-16/h2-7,14-15,22H,1,8-13H2/t14-,15+/m1/s1. The molecule has 9 heteroatoms. The van der Waals surface area contributed by atoms with Crippen LogP contribution in [0.15, 0.2) is 48.1 Å². The topological polar surface area (TPSA) is 94.3 Å². The molecule has 2 atom stereocenters. The second-order valence-corrected chi connectivity index (χ2v) is 9.64. The van der Waals surface area contributed by atoms with E-state index in [4.69, 9.17) is 4.74 Å². The Morgan fingerprint density at radius 2 is 2.15 bits per heavy atom. The lowest BCUT2D eigenvalue weighted by Crippen LogP contribution is -2.20. The highest BCUT2D eigenvalue weighted by Gasteiger charge is 2.33. The van der Waals surface area contributed by atoms with Crippen LogP contribution in [0.5, 0.6) is 5.75 Å². The van der Waals surface area contributed by atoms with Crippen LogP contribution >= 0.6 is 11.8 Å². The second-order valence-electron chi connectivity index (χ2n) is 6.43. The molecular weight excluding hydrogens is 386 g/mol. The largest absolute Gasteiger partial charge is 0.491 e. The van der Waals surface area contributed by atoms with Gasteiger partial charge in [-0.25, -0.2) is 8.42 Å². The second kappa shape index (κ2) is 8.90. The Morgan fingerprint density at radius 1 is 1.37 bits per heavy atom. The van der Waals surface area contributed by atoms with Crippen LogP contribution in [0.4, 0.5) is 0 Å². The van der Waals surface area contributed by atoms with Gasteiger partial charge in [-0.05, 0) is 18.6 Å². The van der Waals surface area contributed by atoms with Crippen molar-refractivity contribution in [3.05, 3.63) is 48.8 Å². The normalized spacial score (nSPS) is 19.7. The maximum atomic E-state index is 11.8. The molecule has 0 aliphatic carbocycles. The maximum absolute atomic E-state index is 11.8. The average Bonchev–Trinajstić information content (AvgIpc) is 3.22. The van der Waals surface area contributed by atoms with E-state index < -0.39 is 15.9 Å². The minimum atomic E-state index is -3.00. The summed E-state index contributed by atoms with van der Waals surface area (Å²) in [5, 5.41) is 19.2. The highest BCUT2D eigenvalue weighted by atomic mass is 32.2. The summed E-state index contributed by atoms with van der Waals surface area (Å²) in [4.78, 5) is 0. The number of allylic oxidation sites excluding steroid dienone is 1. The average molecular weight is 410 g/mol. The number of nitrogens with zero attached hydrogens (tertiary/aromatic N) is 3. The first-order valence-electron chi connectivity index (χ1n) is 8.71. The Labute approximate surface area is 163 Å². The van der Waals surface area contributed by atoms with Crippen molar-refractivity contribution < 1.29 is 18.3 Å². The maximum Gasteiger partial charge on any atom is 0.191 e. The molecule has 1 fully saturated rings. The molecule has 1 aromatic heterocycles. The SMILES string of the molecule is C=CCn1c(SC[C@@H](O)COc2ccccc2)nnc1[C@@H]1CCS(=O)(=O)C1. The highest BCUT2D eigenvalue weighted by molar-refractivity contribution is 7.99. The minimum Gasteiger partial charge on any atom is -0.491 e. The molecule has 3 rings (SSSR count). The van der Waals surface area contributed by atoms with Crippen LogP contribution in [0.2, 0.25) is 0 Å². The first kappa shape index (κ1) is 19.9. The van der Waals surface area contributed by atoms with Crippen LogP contribution in [-0.4, -0.2) is 58.3 Å². The van der Waals surface area contributed by atoms with Crippen molar-refractivity contribution in [3.63, 3.8) is 0 Å². The van der Waals surface area contributed by atoms with Crippen LogP contribution < -0.4 is 4.74 Å². The van der Waals surface area contributed by atoms with Gasteiger partial charge in [-0.2, -0.15) is 0 Å². The molecule has 2 aromatic rings. The Hall–Kier alpha value is -1.84. The number of rotatable bonds is 9. The summed E-state index contributed by atoms with van der Waals surface area (Å²) in [6.45, 7) is 4.44. The number of ether oxygens (including phenoxy) is 1. The van der Waals surface area contributed by atoms with Gasteiger partial charge in [0.1, 0.15) is 18.2 Å². The van der Waals surface area contributed by atoms with Crippen LogP contribution in [0.25, 0.3) is 0 Å². The van der Waals surface area contributed by atoms with Gasteiger partial charge in [-0.15, -0.1) is 16.8 Å². The molecule has 146 valence electrons. The molecule has 0 saturated carbocycles. The molecule has 7 nitrogen and oxygen atoms in total. The van der Waals surface area contributed by atoms with Crippen LogP contribution in [0, 0.1) is 0 Å². The number of thioether (sulfide) groups is 1. The molecule has 27 heavy (non-hydrogen) atoms. The van der Waals surface area contributed by atoms with E-state index in [9.17, 15) is 13.5 Å². The van der Waals surface area contributed by atoms with E-state index in [0.717, 1.165) is 0 Å². The Morgan fingerprint density at radius 3 is 2.81 bits per heavy atom. The quantitative estimate of drug-likeness (QED) is 0.499. The van der Waals surface area contributed by atoms with Gasteiger partial charge in [0.15, 0.2) is 15.0 Å². The van der Waals surface area contributed by atoms with Crippen molar-refractivity contribution in [1.29, 1.82) is 0 Å². The van der Waals surface area contributed by atoms with E-state index in [0.29, 0.717) is 35.4 Å². The van der Waals surface area contributed by atoms with Crippen LogP contribution in [0.3, 0.4) is 0 Å². The molecule has 1 aliphatic heterocycles.